The van der Waals surface area contributed by atoms with Gasteiger partial charge >= 0.3 is 0 Å². The molecule has 13 rings (SSSR count). The summed E-state index contributed by atoms with van der Waals surface area (Å²) in [6.45, 7) is 39.2. The maximum atomic E-state index is 2.71. The summed E-state index contributed by atoms with van der Waals surface area (Å²) in [6, 6.07) is 47.0. The topological polar surface area (TPSA) is 6.48 Å². The molecule has 2 heterocycles. The smallest absolute Gasteiger partial charge is 0.252 e. The fourth-order valence-electron chi connectivity index (χ4n) is 16.4. The second-order valence-electron chi connectivity index (χ2n) is 28.0. The van der Waals surface area contributed by atoms with Crippen molar-refractivity contribution in [3.05, 3.63) is 171 Å². The van der Waals surface area contributed by atoms with Crippen LogP contribution in [0.3, 0.4) is 0 Å². The highest BCUT2D eigenvalue weighted by molar-refractivity contribution is 7.00. The number of benzene rings is 7. The summed E-state index contributed by atoms with van der Waals surface area (Å²) in [6.07, 6.45) is 4.64. The Morgan fingerprint density at radius 2 is 0.931 bits per heavy atom. The molecule has 0 saturated carbocycles. The zero-order valence-corrected chi connectivity index (χ0v) is 46.3. The first kappa shape index (κ1) is 46.0. The molecular formula is C69H75BN2. The Kier molecular flexibility index (Phi) is 9.13. The van der Waals surface area contributed by atoms with Crippen LogP contribution in [-0.2, 0) is 37.9 Å². The van der Waals surface area contributed by atoms with E-state index in [0.29, 0.717) is 0 Å². The van der Waals surface area contributed by atoms with E-state index >= 15 is 0 Å². The standard InChI is InChI=1S/C69H75BN2/c1-40-30-59-62-60(31-40)72(57-36-52-49(32-41(57)2)63(3,4)28-29-64(52,5)6)56-27-24-42(44-21-19-23-48-61(44)45-20-17-18-22-46(45)69(48,15)16)33-54(56)70(62)55-35-51-53(68(13,14)39-67(51,11)12)37-58(55)71(59)43-25-26-47-50(34-43)66(9,10)38-65(47,7)8/h17-27,30-37H,28-29,38-39H2,1-16H3. The highest BCUT2D eigenvalue weighted by Crippen LogP contribution is 2.57. The fraction of sp³-hybridized carbons (Fsp3) is 0.391. The molecule has 2 nitrogen and oxygen atoms in total. The van der Waals surface area contributed by atoms with Crippen LogP contribution in [0, 0.1) is 13.8 Å². The lowest BCUT2D eigenvalue weighted by atomic mass is 9.33. The zero-order chi connectivity index (χ0) is 50.8. The predicted molar refractivity (Wildman–Crippen MR) is 310 cm³/mol. The quantitative estimate of drug-likeness (QED) is 0.163. The first-order valence-electron chi connectivity index (χ1n) is 27.3. The molecule has 364 valence electrons. The lowest BCUT2D eigenvalue weighted by Crippen LogP contribution is -2.61. The first-order chi connectivity index (χ1) is 33.7. The summed E-state index contributed by atoms with van der Waals surface area (Å²) >= 11 is 0. The van der Waals surface area contributed by atoms with Crippen molar-refractivity contribution in [1.29, 1.82) is 0 Å². The predicted octanol–water partition coefficient (Wildman–Crippen LogP) is 16.6. The molecule has 4 aliphatic carbocycles. The van der Waals surface area contributed by atoms with Crippen molar-refractivity contribution in [3.8, 4) is 22.3 Å². The van der Waals surface area contributed by atoms with Crippen molar-refractivity contribution in [3.63, 3.8) is 0 Å². The van der Waals surface area contributed by atoms with Gasteiger partial charge in [-0.25, -0.2) is 0 Å². The fourth-order valence-corrected chi connectivity index (χ4v) is 16.4. The van der Waals surface area contributed by atoms with E-state index in [9.17, 15) is 0 Å². The van der Waals surface area contributed by atoms with Gasteiger partial charge in [-0.1, -0.05) is 170 Å². The Morgan fingerprint density at radius 3 is 1.62 bits per heavy atom. The van der Waals surface area contributed by atoms with Gasteiger partial charge in [0.2, 0.25) is 0 Å². The van der Waals surface area contributed by atoms with E-state index in [-0.39, 0.29) is 44.6 Å². The number of fused-ring (bicyclic) bond motifs is 10. The Balaban J connectivity index is 1.14. The molecule has 3 heteroatoms. The van der Waals surface area contributed by atoms with Crippen LogP contribution in [0.2, 0.25) is 0 Å². The maximum absolute atomic E-state index is 2.71. The van der Waals surface area contributed by atoms with Gasteiger partial charge in [0.25, 0.3) is 6.71 Å². The molecule has 0 unspecified atom stereocenters. The normalized spacial score (nSPS) is 20.7. The van der Waals surface area contributed by atoms with Crippen LogP contribution >= 0.6 is 0 Å². The second-order valence-corrected chi connectivity index (χ2v) is 28.0. The van der Waals surface area contributed by atoms with Crippen LogP contribution in [0.4, 0.5) is 34.1 Å². The highest BCUT2D eigenvalue weighted by Gasteiger charge is 2.50. The number of nitrogens with zero attached hydrogens (tertiary/aromatic N) is 2. The third-order valence-electron chi connectivity index (χ3n) is 19.6. The molecule has 0 radical (unpaired) electrons. The molecule has 0 aromatic heterocycles. The van der Waals surface area contributed by atoms with Crippen LogP contribution in [0.25, 0.3) is 22.3 Å². The molecule has 7 aromatic rings. The van der Waals surface area contributed by atoms with Crippen molar-refractivity contribution >= 4 is 57.2 Å². The monoisotopic (exact) mass is 943 g/mol. The van der Waals surface area contributed by atoms with Crippen LogP contribution in [0.1, 0.15) is 178 Å². The lowest BCUT2D eigenvalue weighted by Gasteiger charge is -2.46. The van der Waals surface area contributed by atoms with Crippen LogP contribution in [0.15, 0.2) is 115 Å². The van der Waals surface area contributed by atoms with Crippen molar-refractivity contribution in [2.45, 2.75) is 174 Å². The summed E-state index contributed by atoms with van der Waals surface area (Å²) < 4.78 is 0. The molecule has 0 N–H and O–H groups in total. The molecule has 7 aromatic carbocycles. The lowest BCUT2D eigenvalue weighted by molar-refractivity contribution is 0.332. The van der Waals surface area contributed by atoms with Crippen molar-refractivity contribution in [2.75, 3.05) is 9.80 Å². The molecule has 2 aliphatic heterocycles. The molecule has 0 atom stereocenters. The molecule has 72 heavy (non-hydrogen) atoms. The van der Waals surface area contributed by atoms with Gasteiger partial charge in [-0.3, -0.25) is 0 Å². The van der Waals surface area contributed by atoms with Gasteiger partial charge in [0.1, 0.15) is 0 Å². The van der Waals surface area contributed by atoms with Gasteiger partial charge in [-0.15, -0.1) is 0 Å². The van der Waals surface area contributed by atoms with Gasteiger partial charge in [0, 0.05) is 39.5 Å². The SMILES string of the molecule is Cc1cc2c3c(c1)N(c1cc4c(cc1C)C(C)(C)CCC4(C)C)c1ccc(-c4cccc5c4-c4ccccc4C5(C)C)cc1B3c1cc3c(cc1N2c1ccc2c(c1)C(C)(C)CC2(C)C)C(C)(C)CC3(C)C. The molecule has 0 spiro atoms. The summed E-state index contributed by atoms with van der Waals surface area (Å²) in [5.41, 5.74) is 32.2. The van der Waals surface area contributed by atoms with Crippen LogP contribution in [-0.4, -0.2) is 6.71 Å². The van der Waals surface area contributed by atoms with Gasteiger partial charge in [-0.05, 0) is 209 Å². The third-order valence-corrected chi connectivity index (χ3v) is 19.6. The molecule has 0 amide bonds. The molecule has 6 aliphatic rings. The van der Waals surface area contributed by atoms with Gasteiger partial charge in [-0.2, -0.15) is 0 Å². The molecule has 0 bridgehead atoms. The molecule has 0 saturated heterocycles. The minimum Gasteiger partial charge on any atom is -0.311 e. The Hall–Kier alpha value is -5.80. The Bertz CT molecular complexity index is 3550. The number of aryl methyl sites for hydroxylation is 2. The minimum absolute atomic E-state index is 0.0106. The van der Waals surface area contributed by atoms with Gasteiger partial charge in [0.05, 0.1) is 0 Å². The number of hydrogen-bond acceptors (Lipinski definition) is 2. The van der Waals surface area contributed by atoms with Crippen molar-refractivity contribution in [2.24, 2.45) is 0 Å². The number of hydrogen-bond donors (Lipinski definition) is 0. The second kappa shape index (κ2) is 14.3. The largest absolute Gasteiger partial charge is 0.311 e. The molecule has 0 fully saturated rings. The van der Waals surface area contributed by atoms with Gasteiger partial charge < -0.3 is 9.80 Å². The van der Waals surface area contributed by atoms with E-state index in [2.05, 4.69) is 236 Å². The average Bonchev–Trinajstić information content (AvgIpc) is 3.74. The minimum atomic E-state index is -0.0831. The summed E-state index contributed by atoms with van der Waals surface area (Å²) in [4.78, 5) is 5.42. The van der Waals surface area contributed by atoms with E-state index < -0.39 is 0 Å². The summed E-state index contributed by atoms with van der Waals surface area (Å²) in [7, 11) is 0. The Morgan fingerprint density at radius 1 is 0.389 bits per heavy atom. The highest BCUT2D eigenvalue weighted by atomic mass is 15.2. The maximum Gasteiger partial charge on any atom is 0.252 e. The van der Waals surface area contributed by atoms with E-state index in [1.54, 1.807) is 0 Å². The first-order valence-corrected chi connectivity index (χ1v) is 27.3. The summed E-state index contributed by atoms with van der Waals surface area (Å²) in [5.74, 6) is 0. The van der Waals surface area contributed by atoms with E-state index in [1.807, 2.05) is 0 Å². The summed E-state index contributed by atoms with van der Waals surface area (Å²) in [5, 5.41) is 0. The third kappa shape index (κ3) is 6.15. The Labute approximate surface area is 432 Å². The van der Waals surface area contributed by atoms with Crippen LogP contribution < -0.4 is 26.2 Å². The number of anilines is 6. The van der Waals surface area contributed by atoms with Gasteiger partial charge in [0.15, 0.2) is 0 Å². The number of rotatable bonds is 3. The zero-order valence-electron chi connectivity index (χ0n) is 46.3. The van der Waals surface area contributed by atoms with E-state index in [0.717, 1.165) is 12.8 Å². The van der Waals surface area contributed by atoms with E-state index in [4.69, 9.17) is 0 Å². The average molecular weight is 943 g/mol. The molecular weight excluding hydrogens is 868 g/mol. The van der Waals surface area contributed by atoms with Crippen LogP contribution in [0.5, 0.6) is 0 Å². The van der Waals surface area contributed by atoms with Crippen molar-refractivity contribution in [1.82, 2.24) is 0 Å². The van der Waals surface area contributed by atoms with E-state index in [1.165, 1.54) is 141 Å². The van der Waals surface area contributed by atoms with Crippen molar-refractivity contribution < 1.29 is 0 Å².